The van der Waals surface area contributed by atoms with E-state index in [1.165, 1.54) is 12.8 Å². The van der Waals surface area contributed by atoms with Crippen LogP contribution in [0.3, 0.4) is 0 Å². The second-order valence-electron chi connectivity index (χ2n) is 8.99. The van der Waals surface area contributed by atoms with Crippen LogP contribution in [-0.2, 0) is 4.74 Å². The maximum atomic E-state index is 12.8. The summed E-state index contributed by atoms with van der Waals surface area (Å²) in [4.78, 5) is 25.3. The van der Waals surface area contributed by atoms with Crippen LogP contribution in [0.1, 0.15) is 80.5 Å². The van der Waals surface area contributed by atoms with E-state index in [9.17, 15) is 9.59 Å². The molecule has 2 aromatic carbocycles. The van der Waals surface area contributed by atoms with Gasteiger partial charge in [-0.3, -0.25) is 4.79 Å². The maximum Gasteiger partial charge on any atom is 0.338 e. The molecular formula is C29H43BrN2O4. The van der Waals surface area contributed by atoms with Gasteiger partial charge in [0.15, 0.2) is 0 Å². The van der Waals surface area contributed by atoms with Gasteiger partial charge in [0.25, 0.3) is 5.91 Å². The van der Waals surface area contributed by atoms with Crippen LogP contribution in [0.5, 0.6) is 5.75 Å². The van der Waals surface area contributed by atoms with Gasteiger partial charge in [0, 0.05) is 5.69 Å². The second kappa shape index (κ2) is 17.1. The van der Waals surface area contributed by atoms with Crippen LogP contribution in [0.15, 0.2) is 48.5 Å². The Morgan fingerprint density at radius 1 is 0.806 bits per heavy atom. The summed E-state index contributed by atoms with van der Waals surface area (Å²) in [7, 11) is 0. The maximum absolute atomic E-state index is 12.8. The van der Waals surface area contributed by atoms with Gasteiger partial charge in [-0.25, -0.2) is 4.79 Å². The Bertz CT molecular complexity index is 914. The smallest absolute Gasteiger partial charge is 0.338 e. The number of anilines is 1. The van der Waals surface area contributed by atoms with Gasteiger partial charge in [-0.15, -0.1) is 0 Å². The Morgan fingerprint density at radius 2 is 1.50 bits per heavy atom. The van der Waals surface area contributed by atoms with Crippen molar-refractivity contribution in [3.05, 3.63) is 59.7 Å². The molecule has 0 unspecified atom stereocenters. The van der Waals surface area contributed by atoms with Crippen molar-refractivity contribution in [2.75, 3.05) is 44.7 Å². The molecule has 200 valence electrons. The SMILES string of the molecule is CCCCCCOc1ccccc1C(=O)Nc1ccc(C(=O)OCC[N+](CC)(CC)CCC)cc1.[Br-]. The fourth-order valence-electron chi connectivity index (χ4n) is 4.24. The Balaban J connectivity index is 0.00000648. The molecule has 0 saturated heterocycles. The average Bonchev–Trinajstić information content (AvgIpc) is 2.88. The fraction of sp³-hybridized carbons (Fsp3) is 0.517. The summed E-state index contributed by atoms with van der Waals surface area (Å²) in [6, 6.07) is 14.1. The first-order valence-electron chi connectivity index (χ1n) is 13.1. The van der Waals surface area contributed by atoms with Gasteiger partial charge >= 0.3 is 5.97 Å². The number of quaternary nitrogens is 1. The summed E-state index contributed by atoms with van der Waals surface area (Å²) in [6.45, 7) is 13.7. The zero-order valence-corrected chi connectivity index (χ0v) is 23.9. The molecule has 36 heavy (non-hydrogen) atoms. The predicted octanol–water partition coefficient (Wildman–Crippen LogP) is 3.33. The molecule has 0 aromatic heterocycles. The molecule has 0 aliphatic heterocycles. The molecule has 0 heterocycles. The van der Waals surface area contributed by atoms with E-state index in [-0.39, 0.29) is 28.9 Å². The van der Waals surface area contributed by atoms with E-state index in [2.05, 4.69) is 33.0 Å². The molecule has 7 heteroatoms. The molecule has 0 aliphatic carbocycles. The van der Waals surface area contributed by atoms with E-state index in [0.29, 0.717) is 35.8 Å². The number of rotatable bonds is 16. The second-order valence-corrected chi connectivity index (χ2v) is 8.99. The van der Waals surface area contributed by atoms with Crippen molar-refractivity contribution in [3.63, 3.8) is 0 Å². The number of hydrogen-bond acceptors (Lipinski definition) is 4. The highest BCUT2D eigenvalue weighted by Crippen LogP contribution is 2.21. The molecule has 0 radical (unpaired) electrons. The lowest BCUT2D eigenvalue weighted by Gasteiger charge is -2.36. The number of halogens is 1. The number of carbonyl (C=O) groups excluding carboxylic acids is 2. The van der Waals surface area contributed by atoms with Crippen LogP contribution >= 0.6 is 0 Å². The van der Waals surface area contributed by atoms with Gasteiger partial charge in [-0.2, -0.15) is 0 Å². The number of amides is 1. The Kier molecular flexibility index (Phi) is 15.1. The normalized spacial score (nSPS) is 10.9. The van der Waals surface area contributed by atoms with Crippen molar-refractivity contribution < 1.29 is 40.5 Å². The monoisotopic (exact) mass is 562 g/mol. The van der Waals surface area contributed by atoms with Gasteiger partial charge in [0.2, 0.25) is 0 Å². The van der Waals surface area contributed by atoms with Crippen LogP contribution in [0.2, 0.25) is 0 Å². The molecule has 2 rings (SSSR count). The van der Waals surface area contributed by atoms with E-state index in [1.54, 1.807) is 30.3 Å². The molecule has 0 atom stereocenters. The summed E-state index contributed by atoms with van der Waals surface area (Å²) in [5.41, 5.74) is 1.58. The van der Waals surface area contributed by atoms with Gasteiger partial charge in [-0.05, 0) is 63.1 Å². The highest BCUT2D eigenvalue weighted by Gasteiger charge is 2.22. The quantitative estimate of drug-likeness (QED) is 0.193. The van der Waals surface area contributed by atoms with E-state index >= 15 is 0 Å². The van der Waals surface area contributed by atoms with E-state index < -0.39 is 0 Å². The molecule has 2 aromatic rings. The van der Waals surface area contributed by atoms with E-state index in [1.807, 2.05) is 18.2 Å². The number of carbonyl (C=O) groups is 2. The van der Waals surface area contributed by atoms with Crippen molar-refractivity contribution in [2.24, 2.45) is 0 Å². The van der Waals surface area contributed by atoms with Crippen LogP contribution in [0, 0.1) is 0 Å². The number of unbranched alkanes of at least 4 members (excludes halogenated alkanes) is 3. The van der Waals surface area contributed by atoms with Crippen molar-refractivity contribution in [1.82, 2.24) is 0 Å². The third-order valence-corrected chi connectivity index (χ3v) is 6.60. The fourth-order valence-corrected chi connectivity index (χ4v) is 4.24. The van der Waals surface area contributed by atoms with Crippen molar-refractivity contribution >= 4 is 17.6 Å². The number of benzene rings is 2. The molecule has 0 saturated carbocycles. The van der Waals surface area contributed by atoms with Crippen LogP contribution in [0.25, 0.3) is 0 Å². The number of hydrogen-bond donors (Lipinski definition) is 1. The standard InChI is InChI=1S/C29H42N2O4.BrH/c1-5-9-10-13-22-34-27-15-12-11-14-26(27)28(32)30-25-18-16-24(17-19-25)29(33)35-23-21-31(7-3,8-4)20-6-2;/h11-12,14-19H,5-10,13,20-23H2,1-4H3;1H. The minimum Gasteiger partial charge on any atom is -1.00 e. The lowest BCUT2D eigenvalue weighted by Crippen LogP contribution is -3.00. The minimum atomic E-state index is -0.341. The zero-order chi connectivity index (χ0) is 25.5. The number of ether oxygens (including phenoxy) is 2. The van der Waals surface area contributed by atoms with Gasteiger partial charge < -0.3 is 36.3 Å². The lowest BCUT2D eigenvalue weighted by atomic mass is 10.1. The predicted molar refractivity (Wildman–Crippen MR) is 142 cm³/mol. The highest BCUT2D eigenvalue weighted by molar-refractivity contribution is 6.06. The minimum absolute atomic E-state index is 0. The Labute approximate surface area is 227 Å². The summed E-state index contributed by atoms with van der Waals surface area (Å²) in [5.74, 6) is -0.00134. The molecule has 0 fully saturated rings. The van der Waals surface area contributed by atoms with Crippen molar-refractivity contribution in [1.29, 1.82) is 0 Å². The van der Waals surface area contributed by atoms with Crippen molar-refractivity contribution in [2.45, 2.75) is 59.8 Å². The first-order valence-corrected chi connectivity index (χ1v) is 13.1. The molecular weight excluding hydrogens is 520 g/mol. The molecule has 1 amide bonds. The third-order valence-electron chi connectivity index (χ3n) is 6.60. The van der Waals surface area contributed by atoms with Crippen LogP contribution in [-0.4, -0.2) is 55.8 Å². The largest absolute Gasteiger partial charge is 1.00 e. The first-order chi connectivity index (χ1) is 17.0. The first kappa shape index (κ1) is 31.6. The molecule has 0 spiro atoms. The number of para-hydroxylation sites is 1. The Hall–Kier alpha value is -2.38. The van der Waals surface area contributed by atoms with Crippen LogP contribution < -0.4 is 27.0 Å². The van der Waals surface area contributed by atoms with Gasteiger partial charge in [-0.1, -0.05) is 45.2 Å². The Morgan fingerprint density at radius 3 is 2.14 bits per heavy atom. The number of esters is 1. The topological polar surface area (TPSA) is 64.6 Å². The number of likely N-dealkylation sites (N-methyl/N-ethyl adjacent to an activating group) is 1. The summed E-state index contributed by atoms with van der Waals surface area (Å²) in [5, 5.41) is 2.89. The van der Waals surface area contributed by atoms with E-state index in [4.69, 9.17) is 9.47 Å². The van der Waals surface area contributed by atoms with Crippen molar-refractivity contribution in [3.8, 4) is 5.75 Å². The summed E-state index contributed by atoms with van der Waals surface area (Å²) < 4.78 is 12.4. The molecule has 6 nitrogen and oxygen atoms in total. The van der Waals surface area contributed by atoms with Gasteiger partial charge in [0.05, 0.1) is 37.4 Å². The van der Waals surface area contributed by atoms with Crippen LogP contribution in [0.4, 0.5) is 5.69 Å². The average molecular weight is 564 g/mol. The van der Waals surface area contributed by atoms with E-state index in [0.717, 1.165) is 49.9 Å². The highest BCUT2D eigenvalue weighted by atomic mass is 79.9. The third kappa shape index (κ3) is 9.94. The molecule has 1 N–H and O–H groups in total. The summed E-state index contributed by atoms with van der Waals surface area (Å²) in [6.07, 6.45) is 5.56. The van der Waals surface area contributed by atoms with Gasteiger partial charge in [0.1, 0.15) is 18.9 Å². The lowest BCUT2D eigenvalue weighted by molar-refractivity contribution is -0.925. The number of nitrogens with one attached hydrogen (secondary N) is 1. The molecule has 0 aliphatic rings. The summed E-state index contributed by atoms with van der Waals surface area (Å²) >= 11 is 0. The number of nitrogens with zero attached hydrogens (tertiary/aromatic N) is 1. The zero-order valence-electron chi connectivity index (χ0n) is 22.4. The molecule has 0 bridgehead atoms.